The van der Waals surface area contributed by atoms with Crippen LogP contribution in [0.4, 0.5) is 0 Å². The van der Waals surface area contributed by atoms with Crippen molar-refractivity contribution in [2.24, 2.45) is 5.73 Å². The topological polar surface area (TPSA) is 38.9 Å². The van der Waals surface area contributed by atoms with Crippen LogP contribution in [-0.2, 0) is 6.42 Å². The summed E-state index contributed by atoms with van der Waals surface area (Å²) in [5, 5.41) is 0. The first-order valence-electron chi connectivity index (χ1n) is 5.27. The predicted octanol–water partition coefficient (Wildman–Crippen LogP) is 3.69. The first kappa shape index (κ1) is 13.0. The smallest absolute Gasteiger partial charge is 0.0716 e. The van der Waals surface area contributed by atoms with Crippen LogP contribution in [0.1, 0.15) is 17.3 Å². The van der Waals surface area contributed by atoms with Gasteiger partial charge in [0.25, 0.3) is 0 Å². The lowest BCUT2D eigenvalue weighted by atomic mass is 10.0. The summed E-state index contributed by atoms with van der Waals surface area (Å²) < 4.78 is 2.21. The van der Waals surface area contributed by atoms with Crippen LogP contribution < -0.4 is 5.73 Å². The van der Waals surface area contributed by atoms with Gasteiger partial charge >= 0.3 is 0 Å². The molecule has 17 heavy (non-hydrogen) atoms. The standard InChI is InChI=1S/C13H12BrIN2/c14-11-2-1-7-17-13(11)12(16)8-9-3-5-10(15)6-4-9/h1-7,12H,8,16H2. The number of pyridine rings is 1. The molecule has 0 bridgehead atoms. The van der Waals surface area contributed by atoms with Crippen LogP contribution in [0.3, 0.4) is 0 Å². The van der Waals surface area contributed by atoms with E-state index in [9.17, 15) is 0 Å². The minimum absolute atomic E-state index is 0.0781. The molecule has 1 heterocycles. The van der Waals surface area contributed by atoms with Gasteiger partial charge in [-0.3, -0.25) is 4.98 Å². The predicted molar refractivity (Wildman–Crippen MR) is 81.7 cm³/mol. The van der Waals surface area contributed by atoms with Crippen LogP contribution in [-0.4, -0.2) is 4.98 Å². The van der Waals surface area contributed by atoms with Gasteiger partial charge in [0, 0.05) is 14.2 Å². The maximum Gasteiger partial charge on any atom is 0.0716 e. The summed E-state index contributed by atoms with van der Waals surface area (Å²) >= 11 is 5.77. The molecule has 0 saturated carbocycles. The van der Waals surface area contributed by atoms with Crippen molar-refractivity contribution in [1.29, 1.82) is 0 Å². The zero-order valence-electron chi connectivity index (χ0n) is 9.11. The summed E-state index contributed by atoms with van der Waals surface area (Å²) in [7, 11) is 0. The minimum atomic E-state index is -0.0781. The molecule has 0 saturated heterocycles. The Morgan fingerprint density at radius 1 is 1.24 bits per heavy atom. The van der Waals surface area contributed by atoms with E-state index >= 15 is 0 Å². The molecule has 0 aliphatic heterocycles. The summed E-state index contributed by atoms with van der Waals surface area (Å²) in [6, 6.07) is 12.2. The Balaban J connectivity index is 2.14. The number of nitrogens with two attached hydrogens (primary N) is 1. The zero-order valence-corrected chi connectivity index (χ0v) is 12.8. The lowest BCUT2D eigenvalue weighted by molar-refractivity contribution is 0.692. The Morgan fingerprint density at radius 3 is 2.59 bits per heavy atom. The van der Waals surface area contributed by atoms with E-state index in [2.05, 4.69) is 67.8 Å². The van der Waals surface area contributed by atoms with Gasteiger partial charge in [0.2, 0.25) is 0 Å². The second kappa shape index (κ2) is 5.93. The van der Waals surface area contributed by atoms with Gasteiger partial charge in [-0.25, -0.2) is 0 Å². The molecular weight excluding hydrogens is 391 g/mol. The molecule has 2 aromatic rings. The normalized spacial score (nSPS) is 12.4. The van der Waals surface area contributed by atoms with Gasteiger partial charge in [-0.1, -0.05) is 12.1 Å². The molecule has 1 aromatic heterocycles. The Kier molecular flexibility index (Phi) is 4.53. The Morgan fingerprint density at radius 2 is 1.94 bits per heavy atom. The van der Waals surface area contributed by atoms with Crippen molar-refractivity contribution >= 4 is 38.5 Å². The SMILES string of the molecule is NC(Cc1ccc(I)cc1)c1ncccc1Br. The molecule has 0 fully saturated rings. The molecule has 2 nitrogen and oxygen atoms in total. The van der Waals surface area contributed by atoms with Gasteiger partial charge in [0.05, 0.1) is 11.7 Å². The lowest BCUT2D eigenvalue weighted by Gasteiger charge is -2.12. The van der Waals surface area contributed by atoms with Gasteiger partial charge in [-0.2, -0.15) is 0 Å². The maximum atomic E-state index is 6.17. The number of rotatable bonds is 3. The van der Waals surface area contributed by atoms with E-state index in [4.69, 9.17) is 5.73 Å². The summed E-state index contributed by atoms with van der Waals surface area (Å²) in [6.07, 6.45) is 2.57. The Labute approximate surface area is 123 Å². The summed E-state index contributed by atoms with van der Waals surface area (Å²) in [5.74, 6) is 0. The highest BCUT2D eigenvalue weighted by Crippen LogP contribution is 2.22. The van der Waals surface area contributed by atoms with Crippen molar-refractivity contribution in [2.45, 2.75) is 12.5 Å². The van der Waals surface area contributed by atoms with Gasteiger partial charge in [0.1, 0.15) is 0 Å². The minimum Gasteiger partial charge on any atom is -0.322 e. The largest absolute Gasteiger partial charge is 0.322 e. The first-order chi connectivity index (χ1) is 8.16. The van der Waals surface area contributed by atoms with Crippen LogP contribution in [0.5, 0.6) is 0 Å². The van der Waals surface area contributed by atoms with Gasteiger partial charge in [-0.15, -0.1) is 0 Å². The van der Waals surface area contributed by atoms with E-state index in [0.29, 0.717) is 0 Å². The summed E-state index contributed by atoms with van der Waals surface area (Å²) in [4.78, 5) is 4.32. The van der Waals surface area contributed by atoms with Gasteiger partial charge < -0.3 is 5.73 Å². The number of hydrogen-bond acceptors (Lipinski definition) is 2. The monoisotopic (exact) mass is 402 g/mol. The molecular formula is C13H12BrIN2. The summed E-state index contributed by atoms with van der Waals surface area (Å²) in [6.45, 7) is 0. The van der Waals surface area contributed by atoms with E-state index in [0.717, 1.165) is 16.6 Å². The second-order valence-corrected chi connectivity index (χ2v) is 5.91. The zero-order chi connectivity index (χ0) is 12.3. The van der Waals surface area contributed by atoms with Crippen molar-refractivity contribution in [3.63, 3.8) is 0 Å². The number of aromatic nitrogens is 1. The molecule has 1 aromatic carbocycles. The van der Waals surface area contributed by atoms with Crippen LogP contribution in [0, 0.1) is 3.57 Å². The third-order valence-electron chi connectivity index (χ3n) is 2.51. The average Bonchev–Trinajstić information content (AvgIpc) is 2.32. The van der Waals surface area contributed by atoms with E-state index in [1.807, 2.05) is 12.1 Å². The molecule has 2 rings (SSSR count). The highest BCUT2D eigenvalue weighted by molar-refractivity contribution is 14.1. The Bertz CT molecular complexity index is 499. The van der Waals surface area contributed by atoms with Crippen molar-refractivity contribution in [3.8, 4) is 0 Å². The van der Waals surface area contributed by atoms with Crippen LogP contribution in [0.2, 0.25) is 0 Å². The van der Waals surface area contributed by atoms with E-state index in [-0.39, 0.29) is 6.04 Å². The number of nitrogens with zero attached hydrogens (tertiary/aromatic N) is 1. The quantitative estimate of drug-likeness (QED) is 0.795. The van der Waals surface area contributed by atoms with Crippen molar-refractivity contribution in [3.05, 3.63) is 61.9 Å². The molecule has 0 aliphatic carbocycles. The lowest BCUT2D eigenvalue weighted by Crippen LogP contribution is -2.15. The molecule has 0 spiro atoms. The van der Waals surface area contributed by atoms with Crippen molar-refractivity contribution in [2.75, 3.05) is 0 Å². The molecule has 0 amide bonds. The third-order valence-corrected chi connectivity index (χ3v) is 3.90. The summed E-state index contributed by atoms with van der Waals surface area (Å²) in [5.41, 5.74) is 8.31. The molecule has 1 atom stereocenters. The van der Waals surface area contributed by atoms with Crippen LogP contribution in [0.25, 0.3) is 0 Å². The van der Waals surface area contributed by atoms with E-state index in [1.165, 1.54) is 9.13 Å². The van der Waals surface area contributed by atoms with Crippen molar-refractivity contribution < 1.29 is 0 Å². The first-order valence-corrected chi connectivity index (χ1v) is 7.14. The highest BCUT2D eigenvalue weighted by Gasteiger charge is 2.11. The second-order valence-electron chi connectivity index (χ2n) is 3.81. The molecule has 0 aliphatic rings. The van der Waals surface area contributed by atoms with E-state index < -0.39 is 0 Å². The number of benzene rings is 1. The van der Waals surface area contributed by atoms with E-state index in [1.54, 1.807) is 6.20 Å². The number of hydrogen-bond donors (Lipinski definition) is 1. The van der Waals surface area contributed by atoms with Gasteiger partial charge in [0.15, 0.2) is 0 Å². The molecule has 1 unspecified atom stereocenters. The number of halogens is 2. The fourth-order valence-corrected chi connectivity index (χ4v) is 2.55. The van der Waals surface area contributed by atoms with Crippen LogP contribution >= 0.6 is 38.5 Å². The van der Waals surface area contributed by atoms with Crippen LogP contribution in [0.15, 0.2) is 47.1 Å². The molecule has 2 N–H and O–H groups in total. The fraction of sp³-hybridized carbons (Fsp3) is 0.154. The Hall–Kier alpha value is -0.460. The van der Waals surface area contributed by atoms with Crippen molar-refractivity contribution in [1.82, 2.24) is 4.98 Å². The molecule has 0 radical (unpaired) electrons. The molecule has 4 heteroatoms. The highest BCUT2D eigenvalue weighted by atomic mass is 127. The third kappa shape index (κ3) is 3.50. The average molecular weight is 403 g/mol. The maximum absolute atomic E-state index is 6.17. The molecule has 88 valence electrons. The fourth-order valence-electron chi connectivity index (χ4n) is 1.64. The van der Waals surface area contributed by atoms with Gasteiger partial charge in [-0.05, 0) is 74.8 Å².